The minimum atomic E-state index is -3.43. The molecule has 0 radical (unpaired) electrons. The topological polar surface area (TPSA) is 63.4 Å². The third-order valence-corrected chi connectivity index (χ3v) is 6.22. The third-order valence-electron chi connectivity index (χ3n) is 4.05. The number of nitrogens with zero attached hydrogens (tertiary/aromatic N) is 1. The molecule has 5 heteroatoms. The van der Waals surface area contributed by atoms with Crippen molar-refractivity contribution < 1.29 is 8.42 Å². The molecule has 22 heavy (non-hydrogen) atoms. The van der Waals surface area contributed by atoms with Crippen molar-refractivity contribution in [3.63, 3.8) is 0 Å². The summed E-state index contributed by atoms with van der Waals surface area (Å²) in [5.41, 5.74) is 8.09. The molecule has 3 rings (SSSR count). The number of sulfonamides is 1. The van der Waals surface area contributed by atoms with E-state index in [2.05, 4.69) is 0 Å². The van der Waals surface area contributed by atoms with Gasteiger partial charge >= 0.3 is 0 Å². The molecule has 2 aromatic rings. The Balaban J connectivity index is 2.12. The van der Waals surface area contributed by atoms with Crippen molar-refractivity contribution in [3.05, 3.63) is 60.2 Å². The first-order valence-electron chi connectivity index (χ1n) is 7.52. The first kappa shape index (κ1) is 15.1. The first-order chi connectivity index (χ1) is 10.6. The van der Waals surface area contributed by atoms with Crippen molar-refractivity contribution in [2.75, 3.05) is 10.8 Å². The van der Waals surface area contributed by atoms with Gasteiger partial charge in [-0.15, -0.1) is 0 Å². The second kappa shape index (κ2) is 6.10. The molecule has 0 saturated heterocycles. The molecule has 0 fully saturated rings. The fourth-order valence-corrected chi connectivity index (χ4v) is 4.98. The van der Waals surface area contributed by atoms with E-state index in [1.807, 2.05) is 54.6 Å². The van der Waals surface area contributed by atoms with Gasteiger partial charge in [0.25, 0.3) is 0 Å². The quantitative estimate of drug-likeness (QED) is 0.943. The molecule has 1 aliphatic heterocycles. The number of benzene rings is 2. The van der Waals surface area contributed by atoms with Crippen LogP contribution in [-0.2, 0) is 16.4 Å². The van der Waals surface area contributed by atoms with Crippen LogP contribution in [0.3, 0.4) is 0 Å². The van der Waals surface area contributed by atoms with E-state index in [1.54, 1.807) is 0 Å². The maximum atomic E-state index is 13.1. The molecule has 0 aromatic heterocycles. The minimum Gasteiger partial charge on any atom is -0.330 e. The van der Waals surface area contributed by atoms with Crippen molar-refractivity contribution in [1.82, 2.24) is 0 Å². The molecule has 0 saturated carbocycles. The summed E-state index contributed by atoms with van der Waals surface area (Å²) in [5, 5.41) is -0.411. The minimum absolute atomic E-state index is 0.411. The van der Waals surface area contributed by atoms with Gasteiger partial charge in [0.2, 0.25) is 10.0 Å². The Labute approximate surface area is 131 Å². The molecule has 0 bridgehead atoms. The largest absolute Gasteiger partial charge is 0.330 e. The number of rotatable bonds is 4. The maximum Gasteiger partial charge on any atom is 0.242 e. The highest BCUT2D eigenvalue weighted by atomic mass is 32.2. The summed E-state index contributed by atoms with van der Waals surface area (Å²) >= 11 is 0. The molecule has 0 aliphatic carbocycles. The summed E-state index contributed by atoms with van der Waals surface area (Å²) in [6.45, 7) is 0.513. The van der Waals surface area contributed by atoms with Gasteiger partial charge in [0, 0.05) is 0 Å². The standard InChI is InChI=1S/C17H20N2O2S/c18-12-6-10-16-13-14-7-4-5-11-17(14)19(22(16,20)21)15-8-2-1-3-9-15/h1-5,7-9,11,16H,6,10,12-13,18H2. The summed E-state index contributed by atoms with van der Waals surface area (Å²) < 4.78 is 27.6. The van der Waals surface area contributed by atoms with E-state index in [4.69, 9.17) is 5.73 Å². The summed E-state index contributed by atoms with van der Waals surface area (Å²) in [4.78, 5) is 0. The van der Waals surface area contributed by atoms with Crippen molar-refractivity contribution in [1.29, 1.82) is 0 Å². The lowest BCUT2D eigenvalue weighted by Gasteiger charge is -2.35. The Hall–Kier alpha value is -1.85. The fraction of sp³-hybridized carbons (Fsp3) is 0.294. The van der Waals surface area contributed by atoms with Crippen molar-refractivity contribution in [2.24, 2.45) is 5.73 Å². The Bertz CT molecular complexity index is 744. The average Bonchev–Trinajstić information content (AvgIpc) is 2.53. The molecule has 1 heterocycles. The van der Waals surface area contributed by atoms with Crippen molar-refractivity contribution in [2.45, 2.75) is 24.5 Å². The molecular formula is C17H20N2O2S. The van der Waals surface area contributed by atoms with Crippen LogP contribution in [0.2, 0.25) is 0 Å². The van der Waals surface area contributed by atoms with E-state index in [1.165, 1.54) is 4.31 Å². The van der Waals surface area contributed by atoms with Crippen LogP contribution >= 0.6 is 0 Å². The second-order valence-corrected chi connectivity index (χ2v) is 7.59. The van der Waals surface area contributed by atoms with Crippen LogP contribution in [0.1, 0.15) is 18.4 Å². The molecule has 1 unspecified atom stereocenters. The van der Waals surface area contributed by atoms with Gasteiger partial charge in [0.1, 0.15) is 0 Å². The predicted molar refractivity (Wildman–Crippen MR) is 89.7 cm³/mol. The molecule has 4 nitrogen and oxygen atoms in total. The van der Waals surface area contributed by atoms with Gasteiger partial charge in [-0.1, -0.05) is 36.4 Å². The van der Waals surface area contributed by atoms with Crippen LogP contribution in [0.15, 0.2) is 54.6 Å². The van der Waals surface area contributed by atoms with E-state index < -0.39 is 15.3 Å². The van der Waals surface area contributed by atoms with Crippen molar-refractivity contribution >= 4 is 21.4 Å². The molecular weight excluding hydrogens is 296 g/mol. The van der Waals surface area contributed by atoms with Gasteiger partial charge in [-0.2, -0.15) is 0 Å². The van der Waals surface area contributed by atoms with Gasteiger partial charge < -0.3 is 5.73 Å². The number of hydrogen-bond donors (Lipinski definition) is 1. The van der Waals surface area contributed by atoms with Crippen molar-refractivity contribution in [3.8, 4) is 0 Å². The predicted octanol–water partition coefficient (Wildman–Crippen LogP) is 2.82. The highest BCUT2D eigenvalue weighted by Crippen LogP contribution is 2.39. The zero-order chi connectivity index (χ0) is 15.6. The molecule has 0 spiro atoms. The summed E-state index contributed by atoms with van der Waals surface area (Å²) in [5.74, 6) is 0. The van der Waals surface area contributed by atoms with Crippen LogP contribution in [0, 0.1) is 0 Å². The summed E-state index contributed by atoms with van der Waals surface area (Å²) in [6, 6.07) is 17.0. The van der Waals surface area contributed by atoms with Crippen LogP contribution in [0.4, 0.5) is 11.4 Å². The Morgan fingerprint density at radius 3 is 2.45 bits per heavy atom. The summed E-state index contributed by atoms with van der Waals surface area (Å²) in [6.07, 6.45) is 1.87. The van der Waals surface area contributed by atoms with E-state index in [0.29, 0.717) is 31.5 Å². The zero-order valence-electron chi connectivity index (χ0n) is 12.4. The summed E-state index contributed by atoms with van der Waals surface area (Å²) in [7, 11) is -3.43. The molecule has 1 aliphatic rings. The zero-order valence-corrected chi connectivity index (χ0v) is 13.2. The second-order valence-electron chi connectivity index (χ2n) is 5.53. The smallest absolute Gasteiger partial charge is 0.242 e. The Morgan fingerprint density at radius 2 is 1.73 bits per heavy atom. The van der Waals surface area contributed by atoms with E-state index in [9.17, 15) is 8.42 Å². The van der Waals surface area contributed by atoms with E-state index in [0.717, 1.165) is 11.3 Å². The Morgan fingerprint density at radius 1 is 1.05 bits per heavy atom. The van der Waals surface area contributed by atoms with Gasteiger partial charge in [-0.05, 0) is 49.6 Å². The number of para-hydroxylation sites is 2. The lowest BCUT2D eigenvalue weighted by Crippen LogP contribution is -2.41. The van der Waals surface area contributed by atoms with Crippen LogP contribution < -0.4 is 10.0 Å². The molecule has 2 N–H and O–H groups in total. The SMILES string of the molecule is NCCCC1Cc2ccccc2N(c2ccccc2)S1(=O)=O. The van der Waals surface area contributed by atoms with Gasteiger partial charge in [-0.25, -0.2) is 12.7 Å². The monoisotopic (exact) mass is 316 g/mol. The molecule has 0 amide bonds. The molecule has 2 aromatic carbocycles. The van der Waals surface area contributed by atoms with Crippen LogP contribution in [-0.4, -0.2) is 20.2 Å². The molecule has 1 atom stereocenters. The van der Waals surface area contributed by atoms with Gasteiger partial charge in [-0.3, -0.25) is 0 Å². The number of fused-ring (bicyclic) bond motifs is 1. The normalized spacial score (nSPS) is 19.7. The lowest BCUT2D eigenvalue weighted by molar-refractivity contribution is 0.560. The van der Waals surface area contributed by atoms with E-state index in [-0.39, 0.29) is 0 Å². The van der Waals surface area contributed by atoms with Gasteiger partial charge in [0.05, 0.1) is 16.6 Å². The highest BCUT2D eigenvalue weighted by molar-refractivity contribution is 7.93. The number of anilines is 2. The number of hydrogen-bond acceptors (Lipinski definition) is 3. The fourth-order valence-electron chi connectivity index (χ4n) is 2.96. The lowest BCUT2D eigenvalue weighted by atomic mass is 10.0. The van der Waals surface area contributed by atoms with Crippen LogP contribution in [0.25, 0.3) is 0 Å². The Kier molecular flexibility index (Phi) is 4.18. The highest BCUT2D eigenvalue weighted by Gasteiger charge is 2.38. The first-order valence-corrected chi connectivity index (χ1v) is 9.02. The third kappa shape index (κ3) is 2.62. The van der Waals surface area contributed by atoms with E-state index >= 15 is 0 Å². The molecule has 116 valence electrons. The van der Waals surface area contributed by atoms with Crippen LogP contribution in [0.5, 0.6) is 0 Å². The number of nitrogens with two attached hydrogens (primary N) is 1. The van der Waals surface area contributed by atoms with Gasteiger partial charge in [0.15, 0.2) is 0 Å². The maximum absolute atomic E-state index is 13.1. The average molecular weight is 316 g/mol.